The van der Waals surface area contributed by atoms with Gasteiger partial charge in [-0.2, -0.15) is 0 Å². The van der Waals surface area contributed by atoms with Gasteiger partial charge in [-0.25, -0.2) is 4.39 Å². The maximum atomic E-state index is 13.2. The number of amides is 2. The second-order valence-corrected chi connectivity index (χ2v) is 6.44. The summed E-state index contributed by atoms with van der Waals surface area (Å²) < 4.78 is 13.2. The third-order valence-electron chi connectivity index (χ3n) is 4.40. The van der Waals surface area contributed by atoms with Gasteiger partial charge in [0.1, 0.15) is 5.82 Å². The number of nitrogens with zero attached hydrogens (tertiary/aromatic N) is 2. The van der Waals surface area contributed by atoms with Crippen LogP contribution in [0.2, 0.25) is 5.02 Å². The fraction of sp³-hybridized carbons (Fsp3) is 0.263. The Kier molecular flexibility index (Phi) is 5.04. The molecule has 0 spiro atoms. The van der Waals surface area contributed by atoms with Crippen molar-refractivity contribution in [2.24, 2.45) is 0 Å². The second-order valence-electron chi connectivity index (χ2n) is 6.03. The summed E-state index contributed by atoms with van der Waals surface area (Å²) in [5.41, 5.74) is 1.98. The summed E-state index contributed by atoms with van der Waals surface area (Å²) in [6.45, 7) is 3.71. The van der Waals surface area contributed by atoms with E-state index in [9.17, 15) is 14.0 Å². The molecule has 3 rings (SSSR count). The summed E-state index contributed by atoms with van der Waals surface area (Å²) in [6.07, 6.45) is 0. The van der Waals surface area contributed by atoms with E-state index in [4.69, 9.17) is 11.6 Å². The van der Waals surface area contributed by atoms with Gasteiger partial charge < -0.3 is 9.80 Å². The molecule has 0 bridgehead atoms. The summed E-state index contributed by atoms with van der Waals surface area (Å²) in [5, 5.41) is -0.0702. The Morgan fingerprint density at radius 1 is 0.960 bits per heavy atom. The summed E-state index contributed by atoms with van der Waals surface area (Å²) in [6, 6.07) is 11.4. The predicted octanol–water partition coefficient (Wildman–Crippen LogP) is 3.39. The molecule has 1 saturated heterocycles. The normalized spacial score (nSPS) is 14.5. The molecule has 2 amide bonds. The van der Waals surface area contributed by atoms with Crippen molar-refractivity contribution in [1.82, 2.24) is 9.80 Å². The van der Waals surface area contributed by atoms with Crippen LogP contribution < -0.4 is 0 Å². The maximum Gasteiger partial charge on any atom is 0.254 e. The van der Waals surface area contributed by atoms with Crippen LogP contribution in [-0.2, 0) is 0 Å². The Morgan fingerprint density at radius 3 is 2.16 bits per heavy atom. The lowest BCUT2D eigenvalue weighted by Crippen LogP contribution is -2.50. The first-order valence-corrected chi connectivity index (χ1v) is 8.44. The van der Waals surface area contributed by atoms with E-state index < -0.39 is 5.82 Å². The highest BCUT2D eigenvalue weighted by Crippen LogP contribution is 2.19. The van der Waals surface area contributed by atoms with E-state index in [0.29, 0.717) is 37.3 Å². The van der Waals surface area contributed by atoms with Crippen LogP contribution in [0.3, 0.4) is 0 Å². The Morgan fingerprint density at radius 2 is 1.56 bits per heavy atom. The van der Waals surface area contributed by atoms with E-state index in [0.717, 1.165) is 5.56 Å². The quantitative estimate of drug-likeness (QED) is 0.823. The van der Waals surface area contributed by atoms with Gasteiger partial charge in [-0.3, -0.25) is 9.59 Å². The van der Waals surface area contributed by atoms with Gasteiger partial charge in [0.05, 0.1) is 5.02 Å². The largest absolute Gasteiger partial charge is 0.335 e. The highest BCUT2D eigenvalue weighted by molar-refractivity contribution is 6.31. The molecule has 0 N–H and O–H groups in total. The number of carbonyl (C=O) groups excluding carboxylic acids is 2. The van der Waals surface area contributed by atoms with Crippen LogP contribution in [-0.4, -0.2) is 47.8 Å². The van der Waals surface area contributed by atoms with Crippen LogP contribution >= 0.6 is 11.6 Å². The lowest BCUT2D eigenvalue weighted by Gasteiger charge is -2.35. The molecule has 1 aliphatic heterocycles. The number of halogens is 2. The van der Waals surface area contributed by atoms with Gasteiger partial charge in [0.2, 0.25) is 0 Å². The predicted molar refractivity (Wildman–Crippen MR) is 94.4 cm³/mol. The Bertz CT molecular complexity index is 817. The van der Waals surface area contributed by atoms with Gasteiger partial charge in [0.15, 0.2) is 0 Å². The van der Waals surface area contributed by atoms with Crippen molar-refractivity contribution < 1.29 is 14.0 Å². The Hall–Kier alpha value is -2.40. The van der Waals surface area contributed by atoms with Gasteiger partial charge in [-0.1, -0.05) is 29.8 Å². The molecule has 4 nitrogen and oxygen atoms in total. The average molecular weight is 361 g/mol. The number of piperazine rings is 1. The molecule has 1 heterocycles. The minimum Gasteiger partial charge on any atom is -0.335 e. The van der Waals surface area contributed by atoms with Crippen LogP contribution in [0.5, 0.6) is 0 Å². The van der Waals surface area contributed by atoms with E-state index in [2.05, 4.69) is 0 Å². The number of carbonyl (C=O) groups is 2. The third-order valence-corrected chi connectivity index (χ3v) is 4.69. The highest BCUT2D eigenvalue weighted by Gasteiger charge is 2.26. The molecular weight excluding hydrogens is 343 g/mol. The zero-order valence-corrected chi connectivity index (χ0v) is 14.6. The molecule has 6 heteroatoms. The fourth-order valence-corrected chi connectivity index (χ4v) is 3.09. The molecule has 0 saturated carbocycles. The summed E-state index contributed by atoms with van der Waals surface area (Å²) >= 11 is 5.75. The average Bonchev–Trinajstić information content (AvgIpc) is 2.63. The Labute approximate surface area is 150 Å². The Balaban J connectivity index is 1.65. The van der Waals surface area contributed by atoms with Crippen LogP contribution in [0.15, 0.2) is 42.5 Å². The number of benzene rings is 2. The summed E-state index contributed by atoms with van der Waals surface area (Å²) in [7, 11) is 0. The monoisotopic (exact) mass is 360 g/mol. The third kappa shape index (κ3) is 3.66. The molecule has 0 aromatic heterocycles. The van der Waals surface area contributed by atoms with E-state index in [-0.39, 0.29) is 16.8 Å². The first kappa shape index (κ1) is 17.4. The summed E-state index contributed by atoms with van der Waals surface area (Å²) in [5.74, 6) is -0.772. The van der Waals surface area contributed by atoms with Gasteiger partial charge >= 0.3 is 0 Å². The van der Waals surface area contributed by atoms with Crippen LogP contribution in [0.4, 0.5) is 4.39 Å². The van der Waals surface area contributed by atoms with Crippen molar-refractivity contribution in [2.45, 2.75) is 6.92 Å². The zero-order chi connectivity index (χ0) is 18.0. The molecule has 130 valence electrons. The number of rotatable bonds is 2. The van der Waals surface area contributed by atoms with Gasteiger partial charge in [0, 0.05) is 37.3 Å². The minimum absolute atomic E-state index is 0.0185. The molecule has 1 fully saturated rings. The van der Waals surface area contributed by atoms with Crippen molar-refractivity contribution in [3.8, 4) is 0 Å². The first-order chi connectivity index (χ1) is 12.0. The van der Waals surface area contributed by atoms with Crippen molar-refractivity contribution in [3.05, 3.63) is 70.0 Å². The van der Waals surface area contributed by atoms with Crippen LogP contribution in [0, 0.1) is 12.7 Å². The summed E-state index contributed by atoms with van der Waals surface area (Å²) in [4.78, 5) is 28.5. The van der Waals surface area contributed by atoms with E-state index in [1.54, 1.807) is 9.80 Å². The van der Waals surface area contributed by atoms with E-state index in [1.807, 2.05) is 31.2 Å². The van der Waals surface area contributed by atoms with E-state index in [1.165, 1.54) is 18.2 Å². The van der Waals surface area contributed by atoms with Gasteiger partial charge in [-0.05, 0) is 36.8 Å². The molecule has 25 heavy (non-hydrogen) atoms. The second kappa shape index (κ2) is 7.23. The van der Waals surface area contributed by atoms with Crippen molar-refractivity contribution in [1.29, 1.82) is 0 Å². The topological polar surface area (TPSA) is 40.6 Å². The van der Waals surface area contributed by atoms with Crippen molar-refractivity contribution in [3.63, 3.8) is 0 Å². The molecule has 1 aliphatic rings. The SMILES string of the molecule is Cc1ccccc1C(=O)N1CCN(C(=O)c2ccc(F)c(Cl)c2)CC1. The highest BCUT2D eigenvalue weighted by atomic mass is 35.5. The van der Waals surface area contributed by atoms with Crippen LogP contribution in [0.1, 0.15) is 26.3 Å². The van der Waals surface area contributed by atoms with Gasteiger partial charge in [-0.15, -0.1) is 0 Å². The molecular formula is C19H18ClFN2O2. The maximum absolute atomic E-state index is 13.2. The number of hydrogen-bond acceptors (Lipinski definition) is 2. The number of aryl methyl sites for hydroxylation is 1. The smallest absolute Gasteiger partial charge is 0.254 e. The molecule has 0 aliphatic carbocycles. The van der Waals surface area contributed by atoms with Crippen LogP contribution in [0.25, 0.3) is 0 Å². The lowest BCUT2D eigenvalue weighted by atomic mass is 10.1. The molecule has 2 aromatic carbocycles. The van der Waals surface area contributed by atoms with E-state index >= 15 is 0 Å². The molecule has 0 unspecified atom stereocenters. The minimum atomic E-state index is -0.549. The first-order valence-electron chi connectivity index (χ1n) is 8.06. The lowest BCUT2D eigenvalue weighted by molar-refractivity contribution is 0.0535. The zero-order valence-electron chi connectivity index (χ0n) is 13.8. The van der Waals surface area contributed by atoms with Crippen molar-refractivity contribution in [2.75, 3.05) is 26.2 Å². The standard InChI is InChI=1S/C19H18ClFN2O2/c1-13-4-2-3-5-15(13)19(25)23-10-8-22(9-11-23)18(24)14-6-7-17(21)16(20)12-14/h2-7,12H,8-11H2,1H3. The molecule has 0 atom stereocenters. The number of hydrogen-bond donors (Lipinski definition) is 0. The fourth-order valence-electron chi connectivity index (χ4n) is 2.91. The van der Waals surface area contributed by atoms with Crippen molar-refractivity contribution >= 4 is 23.4 Å². The van der Waals surface area contributed by atoms with Gasteiger partial charge in [0.25, 0.3) is 11.8 Å². The molecule has 2 aromatic rings. The molecule has 0 radical (unpaired) electrons.